The van der Waals surface area contributed by atoms with E-state index in [-0.39, 0.29) is 30.1 Å². The molecule has 2 aromatic rings. The van der Waals surface area contributed by atoms with Crippen molar-refractivity contribution in [3.63, 3.8) is 0 Å². The largest absolute Gasteiger partial charge is 0.356 e. The van der Waals surface area contributed by atoms with Crippen LogP contribution in [0.5, 0.6) is 0 Å². The van der Waals surface area contributed by atoms with Crippen LogP contribution < -0.4 is 10.6 Å². The Morgan fingerprint density at radius 2 is 1.94 bits per heavy atom. The lowest BCUT2D eigenvalue weighted by molar-refractivity contribution is -0.126. The monoisotopic (exact) mass is 422 g/mol. The molecule has 1 saturated heterocycles. The number of benzene rings is 1. The summed E-state index contributed by atoms with van der Waals surface area (Å²) in [7, 11) is 0. The van der Waals surface area contributed by atoms with Crippen LogP contribution in [0.2, 0.25) is 0 Å². The van der Waals surface area contributed by atoms with E-state index in [9.17, 15) is 14.4 Å². The fourth-order valence-electron chi connectivity index (χ4n) is 3.74. The van der Waals surface area contributed by atoms with Gasteiger partial charge in [-0.05, 0) is 49.4 Å². The summed E-state index contributed by atoms with van der Waals surface area (Å²) in [6.45, 7) is 1.92. The first-order valence-electron chi connectivity index (χ1n) is 10.9. The Balaban J connectivity index is 1.56. The van der Waals surface area contributed by atoms with Crippen LogP contribution in [0.3, 0.4) is 0 Å². The maximum Gasteiger partial charge on any atom is 0.253 e. The molecular formula is C24H30N4O3. The number of carbonyl (C=O) groups is 3. The van der Waals surface area contributed by atoms with E-state index in [4.69, 9.17) is 0 Å². The SMILES string of the molecule is O=C1CCN(C(=O)c2ccccc2)CCCC(C(=O)NCCc2cccnc2)CCN1. The number of pyridine rings is 1. The van der Waals surface area contributed by atoms with Gasteiger partial charge >= 0.3 is 0 Å². The van der Waals surface area contributed by atoms with Gasteiger partial charge in [-0.1, -0.05) is 24.3 Å². The summed E-state index contributed by atoms with van der Waals surface area (Å²) in [6.07, 6.45) is 6.50. The standard InChI is InChI=1S/C24H30N4O3/c29-22-12-17-28(24(31)21-7-2-1-3-8-21)16-5-9-20(11-15-26-22)23(30)27-14-10-19-6-4-13-25-18-19/h1-4,6-8,13,18,20H,5,9-12,14-17H2,(H,26,29)(H,27,30). The van der Waals surface area contributed by atoms with Crippen molar-refractivity contribution in [3.05, 3.63) is 66.0 Å². The lowest BCUT2D eigenvalue weighted by atomic mass is 9.98. The minimum Gasteiger partial charge on any atom is -0.356 e. The predicted octanol–water partition coefficient (Wildman–Crippen LogP) is 2.19. The van der Waals surface area contributed by atoms with Crippen molar-refractivity contribution in [2.75, 3.05) is 26.2 Å². The van der Waals surface area contributed by atoms with E-state index in [0.717, 1.165) is 12.0 Å². The molecule has 7 heteroatoms. The van der Waals surface area contributed by atoms with Gasteiger partial charge in [-0.3, -0.25) is 19.4 Å². The molecule has 3 rings (SSSR count). The van der Waals surface area contributed by atoms with Crippen molar-refractivity contribution < 1.29 is 14.4 Å². The number of aromatic nitrogens is 1. The second-order valence-corrected chi connectivity index (χ2v) is 7.79. The highest BCUT2D eigenvalue weighted by molar-refractivity contribution is 5.94. The zero-order chi connectivity index (χ0) is 21.9. The number of hydrogen-bond acceptors (Lipinski definition) is 4. The van der Waals surface area contributed by atoms with Crippen LogP contribution in [0, 0.1) is 5.92 Å². The average Bonchev–Trinajstić information content (AvgIpc) is 2.84. The van der Waals surface area contributed by atoms with Crippen LogP contribution in [0.15, 0.2) is 54.9 Å². The highest BCUT2D eigenvalue weighted by atomic mass is 16.2. The van der Waals surface area contributed by atoms with Crippen molar-refractivity contribution in [3.8, 4) is 0 Å². The lowest BCUT2D eigenvalue weighted by Crippen LogP contribution is -2.35. The Kier molecular flexibility index (Phi) is 8.58. The van der Waals surface area contributed by atoms with Crippen molar-refractivity contribution in [2.45, 2.75) is 32.1 Å². The first-order chi connectivity index (χ1) is 15.1. The smallest absolute Gasteiger partial charge is 0.253 e. The predicted molar refractivity (Wildman–Crippen MR) is 118 cm³/mol. The highest BCUT2D eigenvalue weighted by Gasteiger charge is 2.22. The van der Waals surface area contributed by atoms with Crippen LogP contribution in [-0.2, 0) is 16.0 Å². The Hall–Kier alpha value is -3.22. The third kappa shape index (κ3) is 7.20. The number of carbonyl (C=O) groups excluding carboxylic acids is 3. The van der Waals surface area contributed by atoms with Gasteiger partial charge in [0.1, 0.15) is 0 Å². The average molecular weight is 423 g/mol. The molecule has 1 unspecified atom stereocenters. The first kappa shape index (κ1) is 22.5. The fraction of sp³-hybridized carbons (Fsp3) is 0.417. The van der Waals surface area contributed by atoms with Crippen molar-refractivity contribution in [2.24, 2.45) is 5.92 Å². The Labute approximate surface area is 183 Å². The number of amides is 3. The summed E-state index contributed by atoms with van der Waals surface area (Å²) in [5.74, 6) is -0.368. The molecule has 3 amide bonds. The third-order valence-electron chi connectivity index (χ3n) is 5.52. The molecule has 164 valence electrons. The quantitative estimate of drug-likeness (QED) is 0.773. The number of rotatable bonds is 5. The Morgan fingerprint density at radius 3 is 2.71 bits per heavy atom. The van der Waals surface area contributed by atoms with Gasteiger partial charge in [-0.15, -0.1) is 0 Å². The summed E-state index contributed by atoms with van der Waals surface area (Å²) < 4.78 is 0. The molecule has 2 N–H and O–H groups in total. The summed E-state index contributed by atoms with van der Waals surface area (Å²) in [6, 6.07) is 13.0. The minimum absolute atomic E-state index is 0.00155. The summed E-state index contributed by atoms with van der Waals surface area (Å²) in [4.78, 5) is 43.6. The summed E-state index contributed by atoms with van der Waals surface area (Å²) in [5.41, 5.74) is 1.69. The molecule has 1 atom stereocenters. The fourth-order valence-corrected chi connectivity index (χ4v) is 3.74. The molecule has 31 heavy (non-hydrogen) atoms. The van der Waals surface area contributed by atoms with Crippen molar-refractivity contribution in [1.29, 1.82) is 0 Å². The number of hydrogen-bond donors (Lipinski definition) is 2. The summed E-state index contributed by atoms with van der Waals surface area (Å²) >= 11 is 0. The molecule has 1 aliphatic rings. The lowest BCUT2D eigenvalue weighted by Gasteiger charge is -2.23. The van der Waals surface area contributed by atoms with Gasteiger partial charge in [0.25, 0.3) is 5.91 Å². The van der Waals surface area contributed by atoms with Crippen LogP contribution in [0.25, 0.3) is 0 Å². The van der Waals surface area contributed by atoms with Gasteiger partial charge in [0.2, 0.25) is 11.8 Å². The minimum atomic E-state index is -0.194. The topological polar surface area (TPSA) is 91.4 Å². The molecule has 0 spiro atoms. The molecule has 1 aliphatic heterocycles. The molecule has 7 nitrogen and oxygen atoms in total. The molecule has 0 aliphatic carbocycles. The Morgan fingerprint density at radius 1 is 1.10 bits per heavy atom. The van der Waals surface area contributed by atoms with E-state index in [1.807, 2.05) is 30.3 Å². The van der Waals surface area contributed by atoms with E-state index >= 15 is 0 Å². The zero-order valence-corrected chi connectivity index (χ0v) is 17.8. The van der Waals surface area contributed by atoms with Gasteiger partial charge in [0.05, 0.1) is 0 Å². The van der Waals surface area contributed by atoms with Crippen LogP contribution >= 0.6 is 0 Å². The third-order valence-corrected chi connectivity index (χ3v) is 5.52. The highest BCUT2D eigenvalue weighted by Crippen LogP contribution is 2.15. The zero-order valence-electron chi connectivity index (χ0n) is 17.8. The number of nitrogens with one attached hydrogen (secondary N) is 2. The Bertz CT molecular complexity index is 858. The van der Waals surface area contributed by atoms with Gasteiger partial charge < -0.3 is 15.5 Å². The summed E-state index contributed by atoms with van der Waals surface area (Å²) in [5, 5.41) is 5.89. The van der Waals surface area contributed by atoms with E-state index in [0.29, 0.717) is 51.0 Å². The van der Waals surface area contributed by atoms with Crippen molar-refractivity contribution in [1.82, 2.24) is 20.5 Å². The molecular weight excluding hydrogens is 392 g/mol. The first-order valence-corrected chi connectivity index (χ1v) is 10.9. The van der Waals surface area contributed by atoms with Gasteiger partial charge in [0.15, 0.2) is 0 Å². The van der Waals surface area contributed by atoms with Crippen molar-refractivity contribution >= 4 is 17.7 Å². The van der Waals surface area contributed by atoms with E-state index in [1.165, 1.54) is 0 Å². The second-order valence-electron chi connectivity index (χ2n) is 7.79. The molecule has 1 aromatic heterocycles. The number of nitrogens with zero attached hydrogens (tertiary/aromatic N) is 2. The van der Waals surface area contributed by atoms with Gasteiger partial charge in [0, 0.05) is 56.5 Å². The molecule has 0 saturated carbocycles. The van der Waals surface area contributed by atoms with Crippen LogP contribution in [0.4, 0.5) is 0 Å². The van der Waals surface area contributed by atoms with Gasteiger partial charge in [-0.25, -0.2) is 0 Å². The molecule has 1 fully saturated rings. The van der Waals surface area contributed by atoms with E-state index in [1.54, 1.807) is 29.4 Å². The van der Waals surface area contributed by atoms with Gasteiger partial charge in [-0.2, -0.15) is 0 Å². The molecule has 0 radical (unpaired) electrons. The van der Waals surface area contributed by atoms with E-state index < -0.39 is 0 Å². The molecule has 2 heterocycles. The van der Waals surface area contributed by atoms with E-state index in [2.05, 4.69) is 15.6 Å². The van der Waals surface area contributed by atoms with Crippen LogP contribution in [0.1, 0.15) is 41.6 Å². The molecule has 0 bridgehead atoms. The van der Waals surface area contributed by atoms with Crippen LogP contribution in [-0.4, -0.2) is 53.8 Å². The maximum absolute atomic E-state index is 12.9. The normalized spacial score (nSPS) is 17.9. The molecule has 1 aromatic carbocycles. The maximum atomic E-state index is 12.9. The second kappa shape index (κ2) is 11.8.